The highest BCUT2D eigenvalue weighted by Crippen LogP contribution is 2.43. The summed E-state index contributed by atoms with van der Waals surface area (Å²) in [4.78, 5) is 7.47. The minimum atomic E-state index is 0. The van der Waals surface area contributed by atoms with Crippen LogP contribution in [0.25, 0.3) is 0 Å². The van der Waals surface area contributed by atoms with Gasteiger partial charge < -0.3 is 15.3 Å². The Hall–Kier alpha value is -0.0400. The number of likely N-dealkylation sites (tertiary alicyclic amines) is 1. The van der Waals surface area contributed by atoms with E-state index in [1.807, 2.05) is 0 Å². The quantitative estimate of drug-likeness (QED) is 0.336. The molecule has 2 aliphatic rings. The van der Waals surface area contributed by atoms with Crippen molar-refractivity contribution >= 4 is 29.9 Å². The Balaban J connectivity index is 0.00000312. The lowest BCUT2D eigenvalue weighted by Crippen LogP contribution is -2.42. The third-order valence-electron chi connectivity index (χ3n) is 5.83. The van der Waals surface area contributed by atoms with Gasteiger partial charge in [0.2, 0.25) is 0 Å². The monoisotopic (exact) mass is 465 g/mol. The van der Waals surface area contributed by atoms with Crippen molar-refractivity contribution in [2.45, 2.75) is 72.1 Å². The molecule has 5 heteroatoms. The van der Waals surface area contributed by atoms with Gasteiger partial charge in [0.25, 0.3) is 0 Å². The minimum Gasteiger partial charge on any atom is -0.396 e. The van der Waals surface area contributed by atoms with E-state index >= 15 is 0 Å². The van der Waals surface area contributed by atoms with Crippen LogP contribution in [0.5, 0.6) is 0 Å². The maximum absolute atomic E-state index is 9.32. The van der Waals surface area contributed by atoms with Gasteiger partial charge in [-0.1, -0.05) is 33.1 Å². The van der Waals surface area contributed by atoms with Crippen molar-refractivity contribution in [3.8, 4) is 0 Å². The van der Waals surface area contributed by atoms with Crippen LogP contribution in [0.2, 0.25) is 0 Å². The second-order valence-electron chi connectivity index (χ2n) is 8.43. The first kappa shape index (κ1) is 23.0. The molecule has 4 nitrogen and oxygen atoms in total. The maximum atomic E-state index is 9.32. The summed E-state index contributed by atoms with van der Waals surface area (Å²) in [6.07, 6.45) is 10.4. The van der Waals surface area contributed by atoms with Gasteiger partial charge in [-0.3, -0.25) is 4.99 Å². The standard InChI is InChI=1S/C20H39N3O.HI/c1-4-21-19(22-15-18(8-13-24)14-17(2)3)23-12-11-20(16-23)9-6-5-7-10-20;/h17-18,24H,4-16H2,1-3H3,(H,21,22);1H. The summed E-state index contributed by atoms with van der Waals surface area (Å²) in [5, 5.41) is 12.8. The number of rotatable bonds is 7. The average molecular weight is 465 g/mol. The fourth-order valence-electron chi connectivity index (χ4n) is 4.60. The van der Waals surface area contributed by atoms with E-state index in [1.54, 1.807) is 0 Å². The van der Waals surface area contributed by atoms with Crippen molar-refractivity contribution in [3.63, 3.8) is 0 Å². The lowest BCUT2D eigenvalue weighted by atomic mass is 9.73. The molecular formula is C20H40IN3O. The second kappa shape index (κ2) is 11.6. The highest BCUT2D eigenvalue weighted by Gasteiger charge is 2.39. The van der Waals surface area contributed by atoms with Gasteiger partial charge in [-0.05, 0) is 56.3 Å². The first-order valence-corrected chi connectivity index (χ1v) is 10.2. The summed E-state index contributed by atoms with van der Waals surface area (Å²) in [5.41, 5.74) is 0.566. The summed E-state index contributed by atoms with van der Waals surface area (Å²) < 4.78 is 0. The fraction of sp³-hybridized carbons (Fsp3) is 0.950. The molecular weight excluding hydrogens is 425 g/mol. The number of guanidine groups is 1. The van der Waals surface area contributed by atoms with E-state index in [0.717, 1.165) is 38.4 Å². The van der Waals surface area contributed by atoms with Crippen LogP contribution >= 0.6 is 24.0 Å². The van der Waals surface area contributed by atoms with E-state index in [4.69, 9.17) is 4.99 Å². The van der Waals surface area contributed by atoms with Gasteiger partial charge in [-0.15, -0.1) is 24.0 Å². The first-order valence-electron chi connectivity index (χ1n) is 10.2. The summed E-state index contributed by atoms with van der Waals surface area (Å²) in [7, 11) is 0. The zero-order chi connectivity index (χ0) is 17.4. The van der Waals surface area contributed by atoms with Crippen LogP contribution in [0.3, 0.4) is 0 Å². The molecule has 0 bridgehead atoms. The number of hydrogen-bond donors (Lipinski definition) is 2. The van der Waals surface area contributed by atoms with E-state index in [0.29, 0.717) is 17.3 Å². The van der Waals surface area contributed by atoms with Crippen LogP contribution in [-0.4, -0.2) is 48.8 Å². The lowest BCUT2D eigenvalue weighted by Gasteiger charge is -2.33. The molecule has 2 fully saturated rings. The zero-order valence-corrected chi connectivity index (χ0v) is 18.9. The molecule has 148 valence electrons. The Morgan fingerprint density at radius 2 is 1.92 bits per heavy atom. The molecule has 1 saturated heterocycles. The van der Waals surface area contributed by atoms with Gasteiger partial charge in [0.1, 0.15) is 0 Å². The van der Waals surface area contributed by atoms with Crippen molar-refractivity contribution < 1.29 is 5.11 Å². The van der Waals surface area contributed by atoms with Gasteiger partial charge in [0.05, 0.1) is 0 Å². The molecule has 25 heavy (non-hydrogen) atoms. The van der Waals surface area contributed by atoms with E-state index in [1.165, 1.54) is 45.1 Å². The van der Waals surface area contributed by atoms with Crippen LogP contribution in [0.1, 0.15) is 72.1 Å². The molecule has 0 aromatic rings. The van der Waals surface area contributed by atoms with Crippen molar-refractivity contribution in [3.05, 3.63) is 0 Å². The Morgan fingerprint density at radius 3 is 2.52 bits per heavy atom. The Kier molecular flexibility index (Phi) is 10.7. The summed E-state index contributed by atoms with van der Waals surface area (Å²) in [6, 6.07) is 0. The topological polar surface area (TPSA) is 47.9 Å². The molecule has 2 rings (SSSR count). The van der Waals surface area contributed by atoms with Crippen molar-refractivity contribution in [1.82, 2.24) is 10.2 Å². The predicted octanol–water partition coefficient (Wildman–Crippen LogP) is 4.27. The largest absolute Gasteiger partial charge is 0.396 e. The first-order chi connectivity index (χ1) is 11.6. The van der Waals surface area contributed by atoms with E-state index < -0.39 is 0 Å². The molecule has 0 aromatic heterocycles. The number of aliphatic hydroxyl groups is 1. The number of aliphatic hydroxyl groups excluding tert-OH is 1. The number of nitrogens with zero attached hydrogens (tertiary/aromatic N) is 2. The summed E-state index contributed by atoms with van der Waals surface area (Å²) >= 11 is 0. The molecule has 2 N–H and O–H groups in total. The maximum Gasteiger partial charge on any atom is 0.193 e. The number of hydrogen-bond acceptors (Lipinski definition) is 2. The molecule has 0 aromatic carbocycles. The van der Waals surface area contributed by atoms with Gasteiger partial charge in [-0.2, -0.15) is 0 Å². The fourth-order valence-corrected chi connectivity index (χ4v) is 4.60. The van der Waals surface area contributed by atoms with Crippen molar-refractivity contribution in [2.24, 2.45) is 22.2 Å². The highest BCUT2D eigenvalue weighted by atomic mass is 127. The van der Waals surface area contributed by atoms with Gasteiger partial charge in [0.15, 0.2) is 5.96 Å². The van der Waals surface area contributed by atoms with E-state index in [9.17, 15) is 5.11 Å². The van der Waals surface area contributed by atoms with Crippen LogP contribution < -0.4 is 5.32 Å². The van der Waals surface area contributed by atoms with Crippen LogP contribution in [-0.2, 0) is 0 Å². The van der Waals surface area contributed by atoms with E-state index in [2.05, 4.69) is 31.0 Å². The second-order valence-corrected chi connectivity index (χ2v) is 8.43. The Bertz CT molecular complexity index is 394. The SMILES string of the molecule is CCNC(=NCC(CCO)CC(C)C)N1CCC2(CCCCC2)C1.I. The molecule has 1 aliphatic heterocycles. The molecule has 1 saturated carbocycles. The third kappa shape index (κ3) is 7.24. The molecule has 1 aliphatic carbocycles. The van der Waals surface area contributed by atoms with Crippen molar-refractivity contribution in [1.29, 1.82) is 0 Å². The number of aliphatic imine (C=N–C) groups is 1. The summed E-state index contributed by atoms with van der Waals surface area (Å²) in [6.45, 7) is 11.0. The Labute approximate surface area is 172 Å². The van der Waals surface area contributed by atoms with Crippen LogP contribution in [0.15, 0.2) is 4.99 Å². The number of halogens is 1. The minimum absolute atomic E-state index is 0. The van der Waals surface area contributed by atoms with Gasteiger partial charge in [-0.25, -0.2) is 0 Å². The molecule has 1 heterocycles. The highest BCUT2D eigenvalue weighted by molar-refractivity contribution is 14.0. The van der Waals surface area contributed by atoms with Crippen LogP contribution in [0, 0.1) is 17.3 Å². The molecule has 1 unspecified atom stereocenters. The van der Waals surface area contributed by atoms with Crippen LogP contribution in [0.4, 0.5) is 0 Å². The van der Waals surface area contributed by atoms with Gasteiger partial charge >= 0.3 is 0 Å². The molecule has 0 amide bonds. The molecule has 0 radical (unpaired) electrons. The third-order valence-corrected chi connectivity index (χ3v) is 5.83. The van der Waals surface area contributed by atoms with Crippen molar-refractivity contribution in [2.75, 3.05) is 32.8 Å². The lowest BCUT2D eigenvalue weighted by molar-refractivity contribution is 0.203. The molecule has 1 spiro atoms. The Morgan fingerprint density at radius 1 is 1.20 bits per heavy atom. The van der Waals surface area contributed by atoms with E-state index in [-0.39, 0.29) is 30.6 Å². The number of nitrogens with one attached hydrogen (secondary N) is 1. The van der Waals surface area contributed by atoms with Gasteiger partial charge in [0, 0.05) is 32.8 Å². The normalized spacial score (nSPS) is 21.5. The smallest absolute Gasteiger partial charge is 0.193 e. The molecule has 1 atom stereocenters. The average Bonchev–Trinajstić information content (AvgIpc) is 2.95. The zero-order valence-electron chi connectivity index (χ0n) is 16.6. The predicted molar refractivity (Wildman–Crippen MR) is 118 cm³/mol. The summed E-state index contributed by atoms with van der Waals surface area (Å²) in [5.74, 6) is 2.26.